The Kier molecular flexibility index (Phi) is 6.90. The van der Waals surface area contributed by atoms with Crippen LogP contribution in [-0.4, -0.2) is 24.3 Å². The van der Waals surface area contributed by atoms with Crippen LogP contribution >= 0.6 is 11.8 Å². The van der Waals surface area contributed by atoms with Crippen molar-refractivity contribution >= 4 is 17.7 Å². The van der Waals surface area contributed by atoms with Crippen LogP contribution in [0.4, 0.5) is 0 Å². The molecule has 1 aliphatic rings. The van der Waals surface area contributed by atoms with Crippen LogP contribution in [-0.2, 0) is 14.3 Å². The van der Waals surface area contributed by atoms with E-state index in [2.05, 4.69) is 13.2 Å². The number of carbonyl (C=O) groups is 1. The Hall–Kier alpha value is -2.24. The number of esters is 1. The lowest BCUT2D eigenvalue weighted by Gasteiger charge is -2.24. The van der Waals surface area contributed by atoms with E-state index in [0.717, 1.165) is 27.0 Å². The van der Waals surface area contributed by atoms with Crippen LogP contribution in [0.5, 0.6) is 0 Å². The third-order valence-electron chi connectivity index (χ3n) is 3.36. The highest BCUT2D eigenvalue weighted by atomic mass is 32.2. The van der Waals surface area contributed by atoms with Gasteiger partial charge in [0.15, 0.2) is 0 Å². The van der Waals surface area contributed by atoms with Gasteiger partial charge in [0.25, 0.3) is 0 Å². The van der Waals surface area contributed by atoms with E-state index in [1.54, 1.807) is 30.2 Å². The summed E-state index contributed by atoms with van der Waals surface area (Å²) in [5.74, 6) is -0.438. The second-order valence-corrected chi connectivity index (χ2v) is 6.05. The highest BCUT2D eigenvalue weighted by Crippen LogP contribution is 2.44. The van der Waals surface area contributed by atoms with Gasteiger partial charge in [0.1, 0.15) is 6.10 Å². The van der Waals surface area contributed by atoms with E-state index in [1.807, 2.05) is 24.3 Å². The molecule has 1 aromatic rings. The molecular formula is C19H20O4S. The van der Waals surface area contributed by atoms with Gasteiger partial charge in [-0.3, -0.25) is 0 Å². The second kappa shape index (κ2) is 9.15. The average Bonchev–Trinajstić information content (AvgIpc) is 2.61. The van der Waals surface area contributed by atoms with E-state index < -0.39 is 12.1 Å². The summed E-state index contributed by atoms with van der Waals surface area (Å²) in [6.45, 7) is 7.83. The van der Waals surface area contributed by atoms with Crippen LogP contribution in [0.3, 0.4) is 0 Å². The number of hydrogen-bond acceptors (Lipinski definition) is 5. The first kappa shape index (κ1) is 18.1. The number of benzene rings is 1. The molecule has 0 spiro atoms. The summed E-state index contributed by atoms with van der Waals surface area (Å²) < 4.78 is 10.2. The standard InChI is InChI=1S/C19H20O4S/c1-3-16-15(10-13-22-11-7-12-23-18(20)4-2)19(21)14-8-5-6-9-17(14)24-16/h3-6,8-10,13,19,21H,1-2,7,11-12H2/b13-10+. The largest absolute Gasteiger partial charge is 0.501 e. The molecule has 0 fully saturated rings. The Morgan fingerprint density at radius 2 is 2.08 bits per heavy atom. The minimum absolute atomic E-state index is 0.283. The van der Waals surface area contributed by atoms with Gasteiger partial charge in [-0.1, -0.05) is 49.2 Å². The molecule has 0 aliphatic carbocycles. The lowest BCUT2D eigenvalue weighted by atomic mass is 10.0. The van der Waals surface area contributed by atoms with E-state index >= 15 is 0 Å². The van der Waals surface area contributed by atoms with E-state index in [-0.39, 0.29) is 6.61 Å². The molecule has 24 heavy (non-hydrogen) atoms. The smallest absolute Gasteiger partial charge is 0.330 e. The summed E-state index contributed by atoms with van der Waals surface area (Å²) in [6, 6.07) is 7.75. The van der Waals surface area contributed by atoms with Crippen molar-refractivity contribution in [1.82, 2.24) is 0 Å². The molecule has 1 N–H and O–H groups in total. The summed E-state index contributed by atoms with van der Waals surface area (Å²) in [5.41, 5.74) is 1.64. The zero-order valence-corrected chi connectivity index (χ0v) is 14.1. The number of allylic oxidation sites excluding steroid dienone is 1. The lowest BCUT2D eigenvalue weighted by molar-refractivity contribution is -0.138. The summed E-state index contributed by atoms with van der Waals surface area (Å²) in [6.07, 6.45) is 6.04. The maximum absolute atomic E-state index is 10.9. The zero-order chi connectivity index (χ0) is 17.4. The van der Waals surface area contributed by atoms with Gasteiger partial charge in [-0.15, -0.1) is 0 Å². The van der Waals surface area contributed by atoms with E-state index in [9.17, 15) is 9.90 Å². The van der Waals surface area contributed by atoms with Crippen molar-refractivity contribution in [2.24, 2.45) is 0 Å². The average molecular weight is 344 g/mol. The van der Waals surface area contributed by atoms with Gasteiger partial charge in [0.05, 0.1) is 19.5 Å². The minimum Gasteiger partial charge on any atom is -0.501 e. The molecular weight excluding hydrogens is 324 g/mol. The molecule has 2 rings (SSSR count). The molecule has 1 heterocycles. The fourth-order valence-corrected chi connectivity index (χ4v) is 3.24. The molecule has 0 amide bonds. The van der Waals surface area contributed by atoms with Crippen molar-refractivity contribution in [2.45, 2.75) is 17.4 Å². The van der Waals surface area contributed by atoms with E-state index in [4.69, 9.17) is 9.47 Å². The Morgan fingerprint density at radius 1 is 1.29 bits per heavy atom. The predicted octanol–water partition coefficient (Wildman–Crippen LogP) is 3.92. The fraction of sp³-hybridized carbons (Fsp3) is 0.211. The molecule has 0 aromatic heterocycles. The van der Waals surface area contributed by atoms with Crippen molar-refractivity contribution in [2.75, 3.05) is 13.2 Å². The van der Waals surface area contributed by atoms with Gasteiger partial charge in [0, 0.05) is 27.9 Å². The highest BCUT2D eigenvalue weighted by molar-refractivity contribution is 8.03. The number of thioether (sulfide) groups is 1. The van der Waals surface area contributed by atoms with Crippen LogP contribution in [0.1, 0.15) is 18.1 Å². The zero-order valence-electron chi connectivity index (χ0n) is 13.3. The van der Waals surface area contributed by atoms with Gasteiger partial charge in [-0.05, 0) is 17.7 Å². The molecule has 1 aromatic carbocycles. The number of rotatable bonds is 8. The molecule has 4 nitrogen and oxygen atoms in total. The molecule has 1 unspecified atom stereocenters. The first-order chi connectivity index (χ1) is 11.7. The van der Waals surface area contributed by atoms with E-state index in [0.29, 0.717) is 13.0 Å². The summed E-state index contributed by atoms with van der Waals surface area (Å²) in [4.78, 5) is 12.8. The van der Waals surface area contributed by atoms with Crippen molar-refractivity contribution in [3.63, 3.8) is 0 Å². The number of aliphatic hydroxyl groups is 1. The van der Waals surface area contributed by atoms with Gasteiger partial charge in [0.2, 0.25) is 0 Å². The number of carbonyl (C=O) groups excluding carboxylic acids is 1. The van der Waals surface area contributed by atoms with Crippen molar-refractivity contribution in [3.8, 4) is 0 Å². The Labute approximate surface area is 146 Å². The van der Waals surface area contributed by atoms with Gasteiger partial charge in [-0.2, -0.15) is 0 Å². The van der Waals surface area contributed by atoms with Gasteiger partial charge < -0.3 is 14.6 Å². The topological polar surface area (TPSA) is 55.8 Å². The monoisotopic (exact) mass is 344 g/mol. The number of ether oxygens (including phenoxy) is 2. The second-order valence-electron chi connectivity index (χ2n) is 4.96. The van der Waals surface area contributed by atoms with Gasteiger partial charge >= 0.3 is 5.97 Å². The van der Waals surface area contributed by atoms with Crippen molar-refractivity contribution in [1.29, 1.82) is 0 Å². The Balaban J connectivity index is 1.90. The van der Waals surface area contributed by atoms with Gasteiger partial charge in [-0.25, -0.2) is 4.79 Å². The summed E-state index contributed by atoms with van der Waals surface area (Å²) >= 11 is 1.57. The molecule has 0 saturated carbocycles. The number of fused-ring (bicyclic) bond motifs is 1. The SMILES string of the molecule is C=CC(=O)OCCCO/C=C/C1=C(C=C)Sc2ccccc2C1O. The molecule has 1 atom stereocenters. The first-order valence-electron chi connectivity index (χ1n) is 7.56. The summed E-state index contributed by atoms with van der Waals surface area (Å²) in [5, 5.41) is 10.6. The molecule has 5 heteroatoms. The van der Waals surface area contributed by atoms with Crippen LogP contribution in [0.2, 0.25) is 0 Å². The number of hydrogen-bond donors (Lipinski definition) is 1. The third-order valence-corrected chi connectivity index (χ3v) is 4.57. The lowest BCUT2D eigenvalue weighted by Crippen LogP contribution is -2.08. The Bertz CT molecular complexity index is 676. The fourth-order valence-electron chi connectivity index (χ4n) is 2.18. The molecule has 0 saturated heterocycles. The maximum Gasteiger partial charge on any atom is 0.330 e. The van der Waals surface area contributed by atoms with Crippen LogP contribution in [0.15, 0.2) is 77.3 Å². The van der Waals surface area contributed by atoms with Crippen LogP contribution < -0.4 is 0 Å². The predicted molar refractivity (Wildman–Crippen MR) is 95.3 cm³/mol. The van der Waals surface area contributed by atoms with Crippen molar-refractivity contribution in [3.05, 3.63) is 78.0 Å². The van der Waals surface area contributed by atoms with E-state index in [1.165, 1.54) is 0 Å². The van der Waals surface area contributed by atoms with Crippen molar-refractivity contribution < 1.29 is 19.4 Å². The molecule has 126 valence electrons. The quantitative estimate of drug-likeness (QED) is 0.335. The Morgan fingerprint density at radius 3 is 2.83 bits per heavy atom. The highest BCUT2D eigenvalue weighted by Gasteiger charge is 2.23. The normalized spacial score (nSPS) is 16.6. The summed E-state index contributed by atoms with van der Waals surface area (Å²) in [7, 11) is 0. The minimum atomic E-state index is -0.705. The molecule has 0 bridgehead atoms. The molecule has 0 radical (unpaired) electrons. The molecule has 1 aliphatic heterocycles. The third kappa shape index (κ3) is 4.63. The first-order valence-corrected chi connectivity index (χ1v) is 8.37. The van der Waals surface area contributed by atoms with Crippen LogP contribution in [0, 0.1) is 0 Å². The maximum atomic E-state index is 10.9. The van der Waals surface area contributed by atoms with Crippen LogP contribution in [0.25, 0.3) is 0 Å². The number of aliphatic hydroxyl groups excluding tert-OH is 1.